The number of rotatable bonds is 9. The largest absolute Gasteiger partial charge is 0.475 e. The Morgan fingerprint density at radius 3 is 2.41 bits per heavy atom. The van der Waals surface area contributed by atoms with Crippen molar-refractivity contribution in [2.75, 3.05) is 18.3 Å². The van der Waals surface area contributed by atoms with E-state index in [0.717, 1.165) is 5.56 Å². The Balaban J connectivity index is 0.00000364. The SMILES string of the molecule is C[PH](=O)CNc1cc(C(=O)CC(=O)C(=O)O)n(Cc2ccc(F)cc2)c1.[Y]. The number of carbonyl (C=O) groups is 3. The molecule has 2 N–H and O–H groups in total. The smallest absolute Gasteiger partial charge is 0.372 e. The first-order valence-corrected chi connectivity index (χ1v) is 9.85. The van der Waals surface area contributed by atoms with Gasteiger partial charge >= 0.3 is 5.97 Å². The molecule has 2 rings (SSSR count). The molecule has 27 heavy (non-hydrogen) atoms. The van der Waals surface area contributed by atoms with Gasteiger partial charge in [-0.25, -0.2) is 9.18 Å². The molecule has 0 bridgehead atoms. The molecule has 0 aliphatic carbocycles. The van der Waals surface area contributed by atoms with E-state index in [1.54, 1.807) is 29.6 Å². The number of ketones is 2. The van der Waals surface area contributed by atoms with Gasteiger partial charge in [-0.15, -0.1) is 0 Å². The van der Waals surface area contributed by atoms with Crippen LogP contribution in [-0.4, -0.2) is 40.2 Å². The van der Waals surface area contributed by atoms with Crippen molar-refractivity contribution in [1.29, 1.82) is 0 Å². The molecule has 1 aromatic heterocycles. The van der Waals surface area contributed by atoms with Gasteiger partial charge in [-0.05, 0) is 30.4 Å². The van der Waals surface area contributed by atoms with Crippen LogP contribution in [-0.2, 0) is 53.4 Å². The number of hydrogen-bond acceptors (Lipinski definition) is 5. The van der Waals surface area contributed by atoms with Crippen molar-refractivity contribution in [3.05, 3.63) is 53.6 Å². The maximum absolute atomic E-state index is 13.0. The third-order valence-corrected chi connectivity index (χ3v) is 4.22. The van der Waals surface area contributed by atoms with Gasteiger partial charge in [-0.1, -0.05) is 12.1 Å². The van der Waals surface area contributed by atoms with Crippen LogP contribution in [0.25, 0.3) is 0 Å². The van der Waals surface area contributed by atoms with Crippen LogP contribution in [0.4, 0.5) is 10.1 Å². The Bertz CT molecular complexity index is 867. The fourth-order valence-electron chi connectivity index (χ4n) is 2.30. The van der Waals surface area contributed by atoms with Crippen molar-refractivity contribution in [2.45, 2.75) is 13.0 Å². The number of carboxylic acid groups (broad SMARTS) is 1. The molecule has 2 aromatic rings. The molecule has 1 aromatic carbocycles. The zero-order valence-electron chi connectivity index (χ0n) is 14.6. The second-order valence-corrected chi connectivity index (χ2v) is 7.51. The second kappa shape index (κ2) is 10.6. The Morgan fingerprint density at radius 2 is 1.85 bits per heavy atom. The number of nitrogens with one attached hydrogen (secondary N) is 1. The molecule has 1 radical (unpaired) electrons. The van der Waals surface area contributed by atoms with Crippen LogP contribution in [0, 0.1) is 5.82 Å². The van der Waals surface area contributed by atoms with E-state index in [-0.39, 0.29) is 57.1 Å². The van der Waals surface area contributed by atoms with Gasteiger partial charge in [0.2, 0.25) is 5.78 Å². The molecule has 1 atom stereocenters. The monoisotopic (exact) mass is 469 g/mol. The number of carbonyl (C=O) groups excluding carboxylic acids is 2. The topological polar surface area (TPSA) is 105 Å². The summed E-state index contributed by atoms with van der Waals surface area (Å²) in [6.45, 7) is 1.82. The van der Waals surface area contributed by atoms with Crippen molar-refractivity contribution in [3.63, 3.8) is 0 Å². The van der Waals surface area contributed by atoms with Gasteiger partial charge in [0.05, 0.1) is 31.9 Å². The first-order valence-electron chi connectivity index (χ1n) is 7.73. The van der Waals surface area contributed by atoms with E-state index >= 15 is 0 Å². The first-order chi connectivity index (χ1) is 12.3. The van der Waals surface area contributed by atoms with Crippen LogP contribution in [0.3, 0.4) is 0 Å². The number of benzene rings is 1. The fourth-order valence-corrected chi connectivity index (χ4v) is 2.75. The molecule has 1 heterocycles. The van der Waals surface area contributed by atoms with Gasteiger partial charge in [-0.3, -0.25) is 9.59 Å². The molecule has 141 valence electrons. The van der Waals surface area contributed by atoms with Gasteiger partial charge in [0.25, 0.3) is 0 Å². The van der Waals surface area contributed by atoms with Crippen molar-refractivity contribution in [1.82, 2.24) is 4.57 Å². The third-order valence-electron chi connectivity index (χ3n) is 3.55. The quantitative estimate of drug-likeness (QED) is 0.253. The third kappa shape index (κ3) is 7.13. The standard InChI is InChI=1S/C17H18FN2O5P.Y/c1-26(25)10-19-13-6-14(15(21)7-16(22)17(23)24)20(9-13)8-11-2-4-12(18)5-3-11;/h2-6,9,19,26H,7-8,10H2,1H3,(H,23,24);. The van der Waals surface area contributed by atoms with Crippen LogP contribution in [0.2, 0.25) is 0 Å². The van der Waals surface area contributed by atoms with Gasteiger partial charge in [0.15, 0.2) is 5.78 Å². The Morgan fingerprint density at radius 1 is 1.22 bits per heavy atom. The predicted octanol–water partition coefficient (Wildman–Crippen LogP) is 2.46. The molecule has 0 fully saturated rings. The molecule has 7 nitrogen and oxygen atoms in total. The molecule has 0 aliphatic rings. The van der Waals surface area contributed by atoms with E-state index in [0.29, 0.717) is 5.69 Å². The number of carboxylic acids is 1. The molecular formula is C17H18FN2O5PY. The summed E-state index contributed by atoms with van der Waals surface area (Å²) in [6, 6.07) is 7.17. The molecule has 0 saturated carbocycles. The number of aromatic nitrogens is 1. The van der Waals surface area contributed by atoms with Crippen LogP contribution < -0.4 is 5.32 Å². The summed E-state index contributed by atoms with van der Waals surface area (Å²) in [5, 5.41) is 11.6. The average molecular weight is 469 g/mol. The number of halogens is 1. The zero-order valence-corrected chi connectivity index (χ0v) is 18.4. The molecule has 1 unspecified atom stereocenters. The number of Topliss-reactive ketones (excluding diaryl/α,β-unsaturated/α-hetero) is 2. The normalized spacial score (nSPS) is 11.3. The second-order valence-electron chi connectivity index (χ2n) is 5.75. The molecule has 0 aliphatic heterocycles. The zero-order chi connectivity index (χ0) is 19.3. The maximum atomic E-state index is 13.0. The van der Waals surface area contributed by atoms with E-state index in [1.165, 1.54) is 18.2 Å². The molecule has 0 saturated heterocycles. The number of anilines is 1. The summed E-state index contributed by atoms with van der Waals surface area (Å²) in [6.07, 6.45) is 1.09. The Kier molecular flexibility index (Phi) is 9.23. The van der Waals surface area contributed by atoms with Gasteiger partial charge < -0.3 is 19.6 Å². The summed E-state index contributed by atoms with van der Waals surface area (Å²) in [4.78, 5) is 34.3. The summed E-state index contributed by atoms with van der Waals surface area (Å²) >= 11 is 0. The van der Waals surface area contributed by atoms with Crippen LogP contribution in [0.1, 0.15) is 22.5 Å². The van der Waals surface area contributed by atoms with E-state index < -0.39 is 31.8 Å². The van der Waals surface area contributed by atoms with Crippen molar-refractivity contribution >= 4 is 31.0 Å². The number of aliphatic carboxylic acids is 1. The van der Waals surface area contributed by atoms with Gasteiger partial charge in [-0.2, -0.15) is 0 Å². The maximum Gasteiger partial charge on any atom is 0.372 e. The van der Waals surface area contributed by atoms with Crippen molar-refractivity contribution in [2.24, 2.45) is 0 Å². The van der Waals surface area contributed by atoms with Crippen LogP contribution in [0.5, 0.6) is 0 Å². The van der Waals surface area contributed by atoms with E-state index in [1.807, 2.05) is 0 Å². The summed E-state index contributed by atoms with van der Waals surface area (Å²) < 4.78 is 25.9. The first kappa shape index (κ1) is 23.4. The minimum atomic E-state index is -1.78. The summed E-state index contributed by atoms with van der Waals surface area (Å²) in [5.74, 6) is -3.90. The fraction of sp³-hybridized carbons (Fsp3) is 0.235. The minimum absolute atomic E-state index is 0. The van der Waals surface area contributed by atoms with E-state index in [9.17, 15) is 23.3 Å². The average Bonchev–Trinajstić information content (AvgIpc) is 2.98. The molecule has 10 heteroatoms. The molecular weight excluding hydrogens is 451 g/mol. The molecule has 0 amide bonds. The number of hydrogen-bond donors (Lipinski definition) is 2. The van der Waals surface area contributed by atoms with Crippen molar-refractivity contribution < 1.29 is 61.2 Å². The summed E-state index contributed by atoms with van der Waals surface area (Å²) in [7, 11) is -1.78. The van der Waals surface area contributed by atoms with Crippen LogP contribution in [0.15, 0.2) is 36.5 Å². The Labute approximate surface area is 181 Å². The van der Waals surface area contributed by atoms with Crippen LogP contribution >= 0.6 is 7.80 Å². The van der Waals surface area contributed by atoms with Gasteiger partial charge in [0.1, 0.15) is 5.82 Å². The summed E-state index contributed by atoms with van der Waals surface area (Å²) in [5.41, 5.74) is 1.39. The van der Waals surface area contributed by atoms with E-state index in [4.69, 9.17) is 5.11 Å². The van der Waals surface area contributed by atoms with Crippen molar-refractivity contribution in [3.8, 4) is 0 Å². The Hall–Kier alpha value is -1.63. The minimum Gasteiger partial charge on any atom is -0.475 e. The van der Waals surface area contributed by atoms with E-state index in [2.05, 4.69) is 5.32 Å². The van der Waals surface area contributed by atoms with Gasteiger partial charge in [0, 0.05) is 45.5 Å². The number of nitrogens with zero attached hydrogens (tertiary/aromatic N) is 1. The predicted molar refractivity (Wildman–Crippen MR) is 94.9 cm³/mol. The molecule has 0 spiro atoms.